The Kier molecular flexibility index (Phi) is 3.64. The van der Waals surface area contributed by atoms with E-state index in [4.69, 9.17) is 16.3 Å². The van der Waals surface area contributed by atoms with Crippen LogP contribution in [0, 0.1) is 0 Å². The van der Waals surface area contributed by atoms with Crippen molar-refractivity contribution in [3.05, 3.63) is 36.3 Å². The number of rotatable bonds is 4. The van der Waals surface area contributed by atoms with Gasteiger partial charge in [-0.3, -0.25) is 4.68 Å². The second-order valence-electron chi connectivity index (χ2n) is 3.95. The molecule has 0 N–H and O–H groups in total. The van der Waals surface area contributed by atoms with Crippen molar-refractivity contribution in [1.29, 1.82) is 0 Å². The molecule has 0 spiro atoms. The number of hydrogen-bond donors (Lipinski definition) is 0. The van der Waals surface area contributed by atoms with Gasteiger partial charge in [-0.15, -0.1) is 11.6 Å². The fourth-order valence-corrected chi connectivity index (χ4v) is 1.59. The maximum Gasteiger partial charge on any atom is 0.223 e. The maximum atomic E-state index is 5.81. The topological polar surface area (TPSA) is 39.9 Å². The normalized spacial score (nSPS) is 10.8. The van der Waals surface area contributed by atoms with Gasteiger partial charge in [-0.05, 0) is 19.9 Å². The third-order valence-corrected chi connectivity index (χ3v) is 2.60. The highest BCUT2D eigenvalue weighted by Crippen LogP contribution is 2.24. The highest BCUT2D eigenvalue weighted by molar-refractivity contribution is 6.17. The molecule has 90 valence electrons. The van der Waals surface area contributed by atoms with Crippen molar-refractivity contribution in [3.63, 3.8) is 0 Å². The number of pyridine rings is 1. The molecule has 17 heavy (non-hydrogen) atoms. The monoisotopic (exact) mass is 251 g/mol. The number of alkyl halides is 1. The van der Waals surface area contributed by atoms with Crippen LogP contribution in [-0.4, -0.2) is 14.8 Å². The van der Waals surface area contributed by atoms with Crippen molar-refractivity contribution in [2.75, 3.05) is 0 Å². The largest absolute Gasteiger partial charge is 0.435 e. The van der Waals surface area contributed by atoms with Crippen LogP contribution in [0.25, 0.3) is 0 Å². The zero-order valence-corrected chi connectivity index (χ0v) is 10.6. The number of hydrogen-bond acceptors (Lipinski definition) is 3. The molecule has 0 aliphatic carbocycles. The Bertz CT molecular complexity index is 496. The third kappa shape index (κ3) is 2.77. The lowest BCUT2D eigenvalue weighted by molar-refractivity contribution is 0.455. The van der Waals surface area contributed by atoms with E-state index in [0.717, 1.165) is 5.56 Å². The Morgan fingerprint density at radius 2 is 2.29 bits per heavy atom. The molecule has 0 radical (unpaired) electrons. The molecular weight excluding hydrogens is 238 g/mol. The van der Waals surface area contributed by atoms with E-state index in [1.165, 1.54) is 0 Å². The maximum absolute atomic E-state index is 5.81. The van der Waals surface area contributed by atoms with Crippen molar-refractivity contribution >= 4 is 11.6 Å². The highest BCUT2D eigenvalue weighted by Gasteiger charge is 2.07. The van der Waals surface area contributed by atoms with E-state index in [9.17, 15) is 0 Å². The van der Waals surface area contributed by atoms with Crippen LogP contribution in [-0.2, 0) is 5.88 Å². The minimum absolute atomic E-state index is 0.309. The van der Waals surface area contributed by atoms with E-state index in [1.807, 2.05) is 23.0 Å². The first-order chi connectivity index (χ1) is 8.20. The van der Waals surface area contributed by atoms with E-state index in [1.54, 1.807) is 12.4 Å². The van der Waals surface area contributed by atoms with E-state index in [0.29, 0.717) is 23.6 Å². The van der Waals surface area contributed by atoms with Gasteiger partial charge in [-0.1, -0.05) is 6.07 Å². The van der Waals surface area contributed by atoms with E-state index < -0.39 is 0 Å². The minimum atomic E-state index is 0.309. The molecule has 0 aliphatic rings. The average Bonchev–Trinajstić information content (AvgIpc) is 2.78. The van der Waals surface area contributed by atoms with Gasteiger partial charge in [-0.25, -0.2) is 4.98 Å². The van der Waals surface area contributed by atoms with Crippen LogP contribution in [0.3, 0.4) is 0 Å². The second kappa shape index (κ2) is 5.19. The van der Waals surface area contributed by atoms with Crippen LogP contribution in [0.5, 0.6) is 11.6 Å². The predicted octanol–water partition coefficient (Wildman–Crippen LogP) is 3.39. The van der Waals surface area contributed by atoms with Gasteiger partial charge >= 0.3 is 0 Å². The molecule has 0 unspecified atom stereocenters. The van der Waals surface area contributed by atoms with Crippen molar-refractivity contribution in [2.45, 2.75) is 25.8 Å². The van der Waals surface area contributed by atoms with Gasteiger partial charge in [0.15, 0.2) is 5.75 Å². The molecule has 0 fully saturated rings. The summed E-state index contributed by atoms with van der Waals surface area (Å²) in [5.41, 5.74) is 0.867. The van der Waals surface area contributed by atoms with Gasteiger partial charge in [0.1, 0.15) is 0 Å². The number of halogens is 1. The predicted molar refractivity (Wildman–Crippen MR) is 66.5 cm³/mol. The summed E-state index contributed by atoms with van der Waals surface area (Å²) in [6.45, 7) is 4.11. The lowest BCUT2D eigenvalue weighted by atomic mass is 10.3. The van der Waals surface area contributed by atoms with Crippen molar-refractivity contribution < 1.29 is 4.74 Å². The van der Waals surface area contributed by atoms with Crippen LogP contribution in [0.1, 0.15) is 25.5 Å². The molecule has 0 aliphatic heterocycles. The Morgan fingerprint density at radius 1 is 1.47 bits per heavy atom. The van der Waals surface area contributed by atoms with E-state index >= 15 is 0 Å². The van der Waals surface area contributed by atoms with Gasteiger partial charge < -0.3 is 4.74 Å². The summed E-state index contributed by atoms with van der Waals surface area (Å²) in [6.07, 6.45) is 5.20. The number of nitrogens with zero attached hydrogens (tertiary/aromatic N) is 3. The van der Waals surface area contributed by atoms with Crippen LogP contribution >= 0.6 is 11.6 Å². The molecule has 5 heteroatoms. The molecule has 0 saturated heterocycles. The average molecular weight is 252 g/mol. The summed E-state index contributed by atoms with van der Waals surface area (Å²) in [5, 5.41) is 4.20. The summed E-state index contributed by atoms with van der Waals surface area (Å²) in [4.78, 5) is 4.16. The third-order valence-electron chi connectivity index (χ3n) is 2.32. The molecule has 2 heterocycles. The SMILES string of the molecule is CC(C)n1cc(Oc2ncccc2CCl)cn1. The van der Waals surface area contributed by atoms with Gasteiger partial charge in [0.05, 0.1) is 18.3 Å². The number of aromatic nitrogens is 3. The number of ether oxygens (including phenoxy) is 1. The Balaban J connectivity index is 2.19. The summed E-state index contributed by atoms with van der Waals surface area (Å²) < 4.78 is 7.48. The van der Waals surface area contributed by atoms with Gasteiger partial charge in [0.2, 0.25) is 5.88 Å². The first-order valence-corrected chi connectivity index (χ1v) is 5.96. The van der Waals surface area contributed by atoms with Gasteiger partial charge in [0, 0.05) is 17.8 Å². The molecule has 0 amide bonds. The Labute approximate surface area is 105 Å². The molecule has 4 nitrogen and oxygen atoms in total. The van der Waals surface area contributed by atoms with Crippen molar-refractivity contribution in [1.82, 2.24) is 14.8 Å². The summed E-state index contributed by atoms with van der Waals surface area (Å²) in [7, 11) is 0. The summed E-state index contributed by atoms with van der Waals surface area (Å²) >= 11 is 5.81. The Hall–Kier alpha value is -1.55. The molecule has 0 bridgehead atoms. The summed E-state index contributed by atoms with van der Waals surface area (Å²) in [5.74, 6) is 1.58. The molecule has 0 atom stereocenters. The van der Waals surface area contributed by atoms with Crippen molar-refractivity contribution in [2.24, 2.45) is 0 Å². The molecular formula is C12H14ClN3O. The molecule has 0 aromatic carbocycles. The minimum Gasteiger partial charge on any atom is -0.435 e. The smallest absolute Gasteiger partial charge is 0.223 e. The van der Waals surface area contributed by atoms with Gasteiger partial charge in [0.25, 0.3) is 0 Å². The Morgan fingerprint density at radius 3 is 2.94 bits per heavy atom. The molecule has 2 aromatic heterocycles. The fourth-order valence-electron chi connectivity index (χ4n) is 1.39. The lowest BCUT2D eigenvalue weighted by Gasteiger charge is -2.06. The quantitative estimate of drug-likeness (QED) is 0.782. The van der Waals surface area contributed by atoms with Crippen LogP contribution < -0.4 is 4.74 Å². The fraction of sp³-hybridized carbons (Fsp3) is 0.333. The lowest BCUT2D eigenvalue weighted by Crippen LogP contribution is -1.99. The molecule has 0 saturated carbocycles. The van der Waals surface area contributed by atoms with Crippen LogP contribution in [0.15, 0.2) is 30.7 Å². The molecule has 2 aromatic rings. The molecule has 2 rings (SSSR count). The van der Waals surface area contributed by atoms with Crippen LogP contribution in [0.2, 0.25) is 0 Å². The van der Waals surface area contributed by atoms with Gasteiger partial charge in [-0.2, -0.15) is 5.10 Å². The van der Waals surface area contributed by atoms with E-state index in [2.05, 4.69) is 23.9 Å². The van der Waals surface area contributed by atoms with E-state index in [-0.39, 0.29) is 0 Å². The second-order valence-corrected chi connectivity index (χ2v) is 4.22. The first-order valence-electron chi connectivity index (χ1n) is 5.42. The summed E-state index contributed by atoms with van der Waals surface area (Å²) in [6, 6.07) is 4.04. The highest BCUT2D eigenvalue weighted by atomic mass is 35.5. The standard InChI is InChI=1S/C12H14ClN3O/c1-9(2)16-8-11(7-15-16)17-12-10(6-13)4-3-5-14-12/h3-5,7-9H,6H2,1-2H3. The zero-order valence-electron chi connectivity index (χ0n) is 9.80. The zero-order chi connectivity index (χ0) is 12.3. The van der Waals surface area contributed by atoms with Crippen LogP contribution in [0.4, 0.5) is 0 Å². The first kappa shape index (κ1) is 11.9. The van der Waals surface area contributed by atoms with Crippen molar-refractivity contribution in [3.8, 4) is 11.6 Å².